The zero-order valence-corrected chi connectivity index (χ0v) is 15.7. The molecule has 2 heterocycles. The van der Waals surface area contributed by atoms with E-state index in [1.165, 1.54) is 0 Å². The minimum absolute atomic E-state index is 0.0880. The molecule has 0 saturated carbocycles. The van der Waals surface area contributed by atoms with Gasteiger partial charge >= 0.3 is 0 Å². The van der Waals surface area contributed by atoms with Crippen LogP contribution in [0.5, 0.6) is 0 Å². The number of aromatic nitrogens is 5. The molecular weight excluding hydrogens is 340 g/mol. The fraction of sp³-hybridized carbons (Fsp3) is 0.350. The number of hydrogen-bond donors (Lipinski definition) is 1. The van der Waals surface area contributed by atoms with Crippen molar-refractivity contribution < 1.29 is 4.79 Å². The van der Waals surface area contributed by atoms with Crippen LogP contribution in [0, 0.1) is 6.92 Å². The van der Waals surface area contributed by atoms with Gasteiger partial charge in [-0.05, 0) is 38.0 Å². The number of nitrogens with one attached hydrogen (secondary N) is 1. The van der Waals surface area contributed by atoms with E-state index < -0.39 is 0 Å². The van der Waals surface area contributed by atoms with Crippen molar-refractivity contribution >= 4 is 5.91 Å². The fourth-order valence-electron chi connectivity index (χ4n) is 2.83. The van der Waals surface area contributed by atoms with Crippen LogP contribution in [0.3, 0.4) is 0 Å². The molecule has 0 fully saturated rings. The standard InChI is InChI=1S/C20H24N6O/c1-3-6-19-23-15(2)13-18(24-19)16-7-4-8-17(14-16)20(27)21-9-5-11-26-12-10-22-25-26/h4,7-8,10,12-14H,3,5-6,9,11H2,1-2H3,(H,21,27). The molecule has 1 N–H and O–H groups in total. The highest BCUT2D eigenvalue weighted by atomic mass is 16.1. The van der Waals surface area contributed by atoms with Crippen LogP contribution in [0.15, 0.2) is 42.7 Å². The molecule has 0 aliphatic rings. The van der Waals surface area contributed by atoms with Crippen molar-refractivity contribution in [3.05, 3.63) is 59.8 Å². The fourth-order valence-corrected chi connectivity index (χ4v) is 2.83. The van der Waals surface area contributed by atoms with Crippen LogP contribution in [0.1, 0.15) is 41.6 Å². The predicted octanol–water partition coefficient (Wildman–Crippen LogP) is 2.82. The van der Waals surface area contributed by atoms with Gasteiger partial charge in [-0.15, -0.1) is 5.10 Å². The van der Waals surface area contributed by atoms with Gasteiger partial charge in [-0.2, -0.15) is 0 Å². The summed E-state index contributed by atoms with van der Waals surface area (Å²) in [5, 5.41) is 10.6. The van der Waals surface area contributed by atoms with Gasteiger partial charge in [-0.25, -0.2) is 9.97 Å². The molecule has 2 aromatic heterocycles. The number of amides is 1. The first kappa shape index (κ1) is 18.7. The number of carbonyl (C=O) groups is 1. The highest BCUT2D eigenvalue weighted by molar-refractivity contribution is 5.95. The van der Waals surface area contributed by atoms with Crippen LogP contribution in [-0.2, 0) is 13.0 Å². The van der Waals surface area contributed by atoms with E-state index in [-0.39, 0.29) is 5.91 Å². The Hall–Kier alpha value is -3.09. The van der Waals surface area contributed by atoms with Gasteiger partial charge in [-0.1, -0.05) is 24.3 Å². The number of benzene rings is 1. The molecule has 0 atom stereocenters. The molecule has 7 heteroatoms. The monoisotopic (exact) mass is 364 g/mol. The van der Waals surface area contributed by atoms with Gasteiger partial charge in [0.1, 0.15) is 5.82 Å². The van der Waals surface area contributed by atoms with Gasteiger partial charge in [0.2, 0.25) is 0 Å². The second-order valence-electron chi connectivity index (χ2n) is 6.42. The first-order valence-electron chi connectivity index (χ1n) is 9.23. The zero-order valence-electron chi connectivity index (χ0n) is 15.7. The van der Waals surface area contributed by atoms with Crippen molar-refractivity contribution in [2.24, 2.45) is 0 Å². The summed E-state index contributed by atoms with van der Waals surface area (Å²) in [6.07, 6.45) is 6.09. The number of hydrogen-bond acceptors (Lipinski definition) is 5. The Morgan fingerprint density at radius 2 is 2.11 bits per heavy atom. The molecule has 0 aliphatic carbocycles. The van der Waals surface area contributed by atoms with Crippen molar-refractivity contribution in [2.45, 2.75) is 39.7 Å². The van der Waals surface area contributed by atoms with Gasteiger partial charge in [0.05, 0.1) is 11.9 Å². The molecule has 0 saturated heterocycles. The first-order chi connectivity index (χ1) is 13.2. The van der Waals surface area contributed by atoms with Gasteiger partial charge in [0, 0.05) is 42.5 Å². The molecule has 0 radical (unpaired) electrons. The summed E-state index contributed by atoms with van der Waals surface area (Å²) >= 11 is 0. The van der Waals surface area contributed by atoms with Gasteiger partial charge < -0.3 is 5.32 Å². The molecule has 3 rings (SSSR count). The summed E-state index contributed by atoms with van der Waals surface area (Å²) in [6.45, 7) is 5.38. The summed E-state index contributed by atoms with van der Waals surface area (Å²) < 4.78 is 1.75. The number of carbonyl (C=O) groups excluding carboxylic acids is 1. The molecule has 140 valence electrons. The topological polar surface area (TPSA) is 85.6 Å². The quantitative estimate of drug-likeness (QED) is 0.621. The van der Waals surface area contributed by atoms with Crippen LogP contribution in [0.2, 0.25) is 0 Å². The summed E-state index contributed by atoms with van der Waals surface area (Å²) in [5.41, 5.74) is 3.34. The maximum absolute atomic E-state index is 12.4. The lowest BCUT2D eigenvalue weighted by Gasteiger charge is -2.09. The summed E-state index contributed by atoms with van der Waals surface area (Å²) in [5.74, 6) is 0.755. The summed E-state index contributed by atoms with van der Waals surface area (Å²) in [4.78, 5) is 21.6. The Labute approximate surface area is 158 Å². The average Bonchev–Trinajstić information content (AvgIpc) is 3.18. The number of aryl methyl sites for hydroxylation is 3. The first-order valence-corrected chi connectivity index (χ1v) is 9.23. The van der Waals surface area contributed by atoms with E-state index in [0.717, 1.165) is 48.6 Å². The SMILES string of the molecule is CCCc1nc(C)cc(-c2cccc(C(=O)NCCCn3ccnn3)c2)n1. The second-order valence-corrected chi connectivity index (χ2v) is 6.42. The Morgan fingerprint density at radius 1 is 1.22 bits per heavy atom. The molecule has 3 aromatic rings. The Bertz CT molecular complexity index is 891. The van der Waals surface area contributed by atoms with Crippen molar-refractivity contribution in [2.75, 3.05) is 6.54 Å². The maximum Gasteiger partial charge on any atom is 0.251 e. The van der Waals surface area contributed by atoms with E-state index in [1.807, 2.05) is 43.5 Å². The average molecular weight is 364 g/mol. The lowest BCUT2D eigenvalue weighted by molar-refractivity contribution is 0.0952. The Morgan fingerprint density at radius 3 is 2.89 bits per heavy atom. The van der Waals surface area contributed by atoms with E-state index in [0.29, 0.717) is 12.1 Å². The Kier molecular flexibility index (Phi) is 6.25. The minimum atomic E-state index is -0.0880. The normalized spacial score (nSPS) is 10.7. The third-order valence-corrected chi connectivity index (χ3v) is 4.12. The van der Waals surface area contributed by atoms with Crippen LogP contribution >= 0.6 is 0 Å². The summed E-state index contributed by atoms with van der Waals surface area (Å²) in [6, 6.07) is 9.51. The molecule has 0 unspecified atom stereocenters. The lowest BCUT2D eigenvalue weighted by atomic mass is 10.1. The van der Waals surface area contributed by atoms with Crippen molar-refractivity contribution in [3.8, 4) is 11.3 Å². The largest absolute Gasteiger partial charge is 0.352 e. The van der Waals surface area contributed by atoms with Crippen LogP contribution < -0.4 is 5.32 Å². The van der Waals surface area contributed by atoms with Gasteiger partial charge in [0.15, 0.2) is 0 Å². The van der Waals surface area contributed by atoms with Gasteiger partial charge in [-0.3, -0.25) is 9.48 Å². The second kappa shape index (κ2) is 9.02. The van der Waals surface area contributed by atoms with Crippen molar-refractivity contribution in [1.82, 2.24) is 30.3 Å². The third kappa shape index (κ3) is 5.20. The molecule has 1 amide bonds. The number of rotatable bonds is 8. The van der Waals surface area contributed by atoms with Crippen LogP contribution in [0.4, 0.5) is 0 Å². The molecule has 0 spiro atoms. The van der Waals surface area contributed by atoms with E-state index in [9.17, 15) is 4.79 Å². The van der Waals surface area contributed by atoms with Crippen LogP contribution in [-0.4, -0.2) is 37.4 Å². The molecular formula is C20H24N6O. The molecule has 0 aliphatic heterocycles. The van der Waals surface area contributed by atoms with Crippen molar-refractivity contribution in [1.29, 1.82) is 0 Å². The van der Waals surface area contributed by atoms with E-state index in [1.54, 1.807) is 10.9 Å². The molecule has 1 aromatic carbocycles. The smallest absolute Gasteiger partial charge is 0.251 e. The molecule has 27 heavy (non-hydrogen) atoms. The molecule has 0 bridgehead atoms. The van der Waals surface area contributed by atoms with Gasteiger partial charge in [0.25, 0.3) is 5.91 Å². The van der Waals surface area contributed by atoms with E-state index in [4.69, 9.17) is 0 Å². The molecule has 7 nitrogen and oxygen atoms in total. The zero-order chi connectivity index (χ0) is 19.1. The van der Waals surface area contributed by atoms with E-state index in [2.05, 4.69) is 32.5 Å². The highest BCUT2D eigenvalue weighted by Gasteiger charge is 2.09. The highest BCUT2D eigenvalue weighted by Crippen LogP contribution is 2.20. The van der Waals surface area contributed by atoms with Crippen LogP contribution in [0.25, 0.3) is 11.3 Å². The maximum atomic E-state index is 12.4. The summed E-state index contributed by atoms with van der Waals surface area (Å²) in [7, 11) is 0. The third-order valence-electron chi connectivity index (χ3n) is 4.12. The predicted molar refractivity (Wildman–Crippen MR) is 103 cm³/mol. The van der Waals surface area contributed by atoms with E-state index >= 15 is 0 Å². The Balaban J connectivity index is 1.65. The lowest BCUT2D eigenvalue weighted by Crippen LogP contribution is -2.25. The minimum Gasteiger partial charge on any atom is -0.352 e. The number of nitrogens with zero attached hydrogens (tertiary/aromatic N) is 5. The van der Waals surface area contributed by atoms with Crippen molar-refractivity contribution in [3.63, 3.8) is 0 Å².